The second-order valence-electron chi connectivity index (χ2n) is 4.05. The predicted octanol–water partition coefficient (Wildman–Crippen LogP) is 1.12. The number of nitrogens with two attached hydrogens (primary N) is 1. The van der Waals surface area contributed by atoms with Gasteiger partial charge in [0.05, 0.1) is 12.7 Å². The number of phenolic OH excluding ortho intramolecular Hbond substituents is 1. The van der Waals surface area contributed by atoms with E-state index in [9.17, 15) is 9.90 Å². The largest absolute Gasteiger partial charge is 0.507 e. The van der Waals surface area contributed by atoms with E-state index in [1.807, 2.05) is 6.07 Å². The van der Waals surface area contributed by atoms with Crippen molar-refractivity contribution in [2.45, 2.75) is 18.9 Å². The molecule has 6 heteroatoms. The topological polar surface area (TPSA) is 96.3 Å². The van der Waals surface area contributed by atoms with Gasteiger partial charge >= 0.3 is 5.97 Å². The van der Waals surface area contributed by atoms with Gasteiger partial charge in [0.2, 0.25) is 0 Å². The zero-order valence-corrected chi connectivity index (χ0v) is 11.0. The van der Waals surface area contributed by atoms with Crippen LogP contribution in [0.1, 0.15) is 18.1 Å². The maximum atomic E-state index is 11.4. The van der Waals surface area contributed by atoms with E-state index < -0.39 is 11.5 Å². The second kappa shape index (κ2) is 6.24. The fraction of sp³-hybridized carbons (Fsp3) is 0.333. The van der Waals surface area contributed by atoms with Gasteiger partial charge in [0, 0.05) is 6.42 Å². The van der Waals surface area contributed by atoms with Crippen LogP contribution in [0.15, 0.2) is 18.2 Å². The van der Waals surface area contributed by atoms with Gasteiger partial charge in [-0.2, -0.15) is 5.26 Å². The van der Waals surface area contributed by atoms with Crippen molar-refractivity contribution in [1.82, 2.24) is 0 Å². The highest BCUT2D eigenvalue weighted by atomic mass is 35.5. The van der Waals surface area contributed by atoms with Gasteiger partial charge in [-0.15, -0.1) is 12.4 Å². The van der Waals surface area contributed by atoms with E-state index in [-0.39, 0.29) is 30.1 Å². The molecule has 0 aliphatic carbocycles. The van der Waals surface area contributed by atoms with Crippen LogP contribution in [0, 0.1) is 11.3 Å². The number of rotatable bonds is 3. The van der Waals surface area contributed by atoms with Crippen LogP contribution < -0.4 is 5.73 Å². The van der Waals surface area contributed by atoms with Crippen molar-refractivity contribution in [2.24, 2.45) is 5.73 Å². The third-order valence-electron chi connectivity index (χ3n) is 2.40. The maximum absolute atomic E-state index is 11.4. The molecular weight excluding hydrogens is 256 g/mol. The number of benzene rings is 1. The predicted molar refractivity (Wildman–Crippen MR) is 68.4 cm³/mol. The summed E-state index contributed by atoms with van der Waals surface area (Å²) in [6, 6.07) is 6.38. The summed E-state index contributed by atoms with van der Waals surface area (Å²) >= 11 is 0. The molecule has 0 amide bonds. The van der Waals surface area contributed by atoms with Crippen molar-refractivity contribution in [2.75, 3.05) is 7.11 Å². The Morgan fingerprint density at radius 2 is 2.22 bits per heavy atom. The number of hydrogen-bond acceptors (Lipinski definition) is 5. The van der Waals surface area contributed by atoms with Crippen LogP contribution in [-0.4, -0.2) is 23.7 Å². The molecule has 0 fully saturated rings. The van der Waals surface area contributed by atoms with E-state index >= 15 is 0 Å². The molecule has 1 aromatic carbocycles. The zero-order valence-electron chi connectivity index (χ0n) is 10.1. The van der Waals surface area contributed by atoms with Gasteiger partial charge in [0.25, 0.3) is 0 Å². The summed E-state index contributed by atoms with van der Waals surface area (Å²) in [4.78, 5) is 11.4. The molecule has 0 bridgehead atoms. The minimum absolute atomic E-state index is 0. The molecule has 0 aliphatic rings. The number of halogens is 1. The molecule has 1 rings (SSSR count). The number of hydrogen-bond donors (Lipinski definition) is 2. The van der Waals surface area contributed by atoms with E-state index in [4.69, 9.17) is 11.0 Å². The quantitative estimate of drug-likeness (QED) is 0.802. The Kier molecular flexibility index (Phi) is 5.63. The minimum Gasteiger partial charge on any atom is -0.507 e. The summed E-state index contributed by atoms with van der Waals surface area (Å²) in [5.74, 6) is -0.614. The van der Waals surface area contributed by atoms with Gasteiger partial charge in [-0.25, -0.2) is 0 Å². The van der Waals surface area contributed by atoms with Gasteiger partial charge in [0.1, 0.15) is 17.4 Å². The fourth-order valence-electron chi connectivity index (χ4n) is 1.51. The summed E-state index contributed by atoms with van der Waals surface area (Å²) in [6.07, 6.45) is 0.231. The zero-order chi connectivity index (χ0) is 13.1. The lowest BCUT2D eigenvalue weighted by Crippen LogP contribution is -2.47. The Labute approximate surface area is 112 Å². The summed E-state index contributed by atoms with van der Waals surface area (Å²) in [6.45, 7) is 1.55. The van der Waals surface area contributed by atoms with Crippen molar-refractivity contribution in [3.63, 3.8) is 0 Å². The molecule has 0 unspecified atom stereocenters. The average molecular weight is 271 g/mol. The first kappa shape index (κ1) is 16.2. The van der Waals surface area contributed by atoms with Crippen LogP contribution in [0.3, 0.4) is 0 Å². The number of nitriles is 1. The van der Waals surface area contributed by atoms with Crippen molar-refractivity contribution in [3.05, 3.63) is 29.3 Å². The van der Waals surface area contributed by atoms with Gasteiger partial charge in [-0.1, -0.05) is 6.07 Å². The van der Waals surface area contributed by atoms with Crippen LogP contribution in [-0.2, 0) is 16.0 Å². The average Bonchev–Trinajstić information content (AvgIpc) is 2.30. The second-order valence-corrected chi connectivity index (χ2v) is 4.05. The standard InChI is InChI=1S/C12H14N2O3.ClH/c1-12(14,11(16)17-2)6-8-3-4-10(15)9(5-8)7-13;/h3-5,15H,6,14H2,1-2H3;1H/t12-;/m0./s1. The minimum atomic E-state index is -1.15. The lowest BCUT2D eigenvalue weighted by atomic mass is 9.93. The van der Waals surface area contributed by atoms with E-state index in [0.717, 1.165) is 0 Å². The Bertz CT molecular complexity index is 481. The number of phenols is 1. The summed E-state index contributed by atoms with van der Waals surface area (Å²) in [5, 5.41) is 18.1. The van der Waals surface area contributed by atoms with E-state index in [1.165, 1.54) is 19.2 Å². The molecule has 0 saturated heterocycles. The molecule has 0 radical (unpaired) electrons. The number of aromatic hydroxyl groups is 1. The lowest BCUT2D eigenvalue weighted by Gasteiger charge is -2.21. The maximum Gasteiger partial charge on any atom is 0.325 e. The number of carbonyl (C=O) groups is 1. The van der Waals surface area contributed by atoms with E-state index in [1.54, 1.807) is 13.0 Å². The van der Waals surface area contributed by atoms with Crippen LogP contribution in [0.5, 0.6) is 5.75 Å². The first-order valence-corrected chi connectivity index (χ1v) is 5.00. The highest BCUT2D eigenvalue weighted by Gasteiger charge is 2.29. The molecule has 98 valence electrons. The normalized spacial score (nSPS) is 12.8. The Morgan fingerprint density at radius 1 is 1.61 bits per heavy atom. The molecule has 1 aromatic rings. The smallest absolute Gasteiger partial charge is 0.325 e. The molecule has 0 aromatic heterocycles. The number of esters is 1. The molecule has 18 heavy (non-hydrogen) atoms. The number of ether oxygens (including phenoxy) is 1. The van der Waals surface area contributed by atoms with Gasteiger partial charge in [-0.3, -0.25) is 4.79 Å². The first-order valence-electron chi connectivity index (χ1n) is 5.00. The molecular formula is C12H15ClN2O3. The van der Waals surface area contributed by atoms with Crippen LogP contribution >= 0.6 is 12.4 Å². The van der Waals surface area contributed by atoms with Crippen LogP contribution in [0.4, 0.5) is 0 Å². The molecule has 0 saturated carbocycles. The van der Waals surface area contributed by atoms with Crippen molar-refractivity contribution < 1.29 is 14.6 Å². The lowest BCUT2D eigenvalue weighted by molar-refractivity contribution is -0.146. The Hall–Kier alpha value is -1.77. The molecule has 3 N–H and O–H groups in total. The monoisotopic (exact) mass is 270 g/mol. The third kappa shape index (κ3) is 3.62. The molecule has 5 nitrogen and oxygen atoms in total. The van der Waals surface area contributed by atoms with E-state index in [2.05, 4.69) is 4.74 Å². The van der Waals surface area contributed by atoms with Crippen molar-refractivity contribution >= 4 is 18.4 Å². The summed E-state index contributed by atoms with van der Waals surface area (Å²) in [7, 11) is 1.27. The van der Waals surface area contributed by atoms with Crippen molar-refractivity contribution in [3.8, 4) is 11.8 Å². The first-order chi connectivity index (χ1) is 7.90. The SMILES string of the molecule is COC(=O)[C@@](C)(N)Cc1ccc(O)c(C#N)c1.Cl. The van der Waals surface area contributed by atoms with Crippen LogP contribution in [0.2, 0.25) is 0 Å². The van der Waals surface area contributed by atoms with Gasteiger partial charge < -0.3 is 15.6 Å². The van der Waals surface area contributed by atoms with Gasteiger partial charge in [-0.05, 0) is 24.6 Å². The summed E-state index contributed by atoms with van der Waals surface area (Å²) < 4.78 is 4.59. The number of methoxy groups -OCH3 is 1. The van der Waals surface area contributed by atoms with Crippen molar-refractivity contribution in [1.29, 1.82) is 5.26 Å². The summed E-state index contributed by atoms with van der Waals surface area (Å²) in [5.41, 5.74) is 5.50. The Balaban J connectivity index is 0.00000289. The number of carbonyl (C=O) groups excluding carboxylic acids is 1. The Morgan fingerprint density at radius 3 is 2.72 bits per heavy atom. The molecule has 1 atom stereocenters. The highest BCUT2D eigenvalue weighted by Crippen LogP contribution is 2.20. The molecule has 0 aliphatic heterocycles. The van der Waals surface area contributed by atoms with Gasteiger partial charge in [0.15, 0.2) is 0 Å². The van der Waals surface area contributed by atoms with E-state index in [0.29, 0.717) is 5.56 Å². The highest BCUT2D eigenvalue weighted by molar-refractivity contribution is 5.85. The number of nitrogens with zero attached hydrogens (tertiary/aromatic N) is 1. The molecule has 0 heterocycles. The fourth-order valence-corrected chi connectivity index (χ4v) is 1.51. The van der Waals surface area contributed by atoms with Crippen LogP contribution in [0.25, 0.3) is 0 Å². The molecule has 0 spiro atoms. The third-order valence-corrected chi connectivity index (χ3v) is 2.40.